The SMILES string of the molecule is CC(C)c1ccccc1OC1CC(Br)C12CCCCC2. The van der Waals surface area contributed by atoms with E-state index in [-0.39, 0.29) is 0 Å². The van der Waals surface area contributed by atoms with Crippen LogP contribution in [0.25, 0.3) is 0 Å². The predicted octanol–water partition coefficient (Wildman–Crippen LogP) is 5.68. The molecule has 2 aliphatic carbocycles. The third-order valence-corrected chi connectivity index (χ3v) is 6.57. The highest BCUT2D eigenvalue weighted by atomic mass is 79.9. The second-order valence-corrected chi connectivity index (χ2v) is 7.90. The van der Waals surface area contributed by atoms with E-state index in [2.05, 4.69) is 54.0 Å². The summed E-state index contributed by atoms with van der Waals surface area (Å²) in [5.41, 5.74) is 1.75. The summed E-state index contributed by atoms with van der Waals surface area (Å²) in [5, 5.41) is 0. The highest BCUT2D eigenvalue weighted by Crippen LogP contribution is 2.56. The lowest BCUT2D eigenvalue weighted by atomic mass is 9.58. The molecule has 2 unspecified atom stereocenters. The highest BCUT2D eigenvalue weighted by molar-refractivity contribution is 9.09. The third kappa shape index (κ3) is 2.41. The number of hydrogen-bond donors (Lipinski definition) is 0. The van der Waals surface area contributed by atoms with Crippen LogP contribution in [0.15, 0.2) is 24.3 Å². The van der Waals surface area contributed by atoms with Gasteiger partial charge in [-0.15, -0.1) is 0 Å². The van der Waals surface area contributed by atoms with Crippen molar-refractivity contribution in [2.24, 2.45) is 5.41 Å². The van der Waals surface area contributed by atoms with Gasteiger partial charge in [-0.25, -0.2) is 0 Å². The van der Waals surface area contributed by atoms with Crippen LogP contribution in [0.3, 0.4) is 0 Å². The Morgan fingerprint density at radius 1 is 1.15 bits per heavy atom. The largest absolute Gasteiger partial charge is 0.489 e. The number of ether oxygens (including phenoxy) is 1. The van der Waals surface area contributed by atoms with Crippen molar-refractivity contribution in [2.75, 3.05) is 0 Å². The number of hydrogen-bond acceptors (Lipinski definition) is 1. The zero-order chi connectivity index (χ0) is 14.2. The molecule has 1 nitrogen and oxygen atoms in total. The van der Waals surface area contributed by atoms with E-state index in [1.54, 1.807) is 0 Å². The predicted molar refractivity (Wildman–Crippen MR) is 87.8 cm³/mol. The van der Waals surface area contributed by atoms with Crippen molar-refractivity contribution in [3.05, 3.63) is 29.8 Å². The molecule has 0 bridgehead atoms. The van der Waals surface area contributed by atoms with E-state index in [1.165, 1.54) is 37.7 Å². The van der Waals surface area contributed by atoms with Gasteiger partial charge in [-0.1, -0.05) is 67.2 Å². The Balaban J connectivity index is 1.78. The zero-order valence-electron chi connectivity index (χ0n) is 12.6. The van der Waals surface area contributed by atoms with Crippen molar-refractivity contribution in [2.45, 2.75) is 69.2 Å². The lowest BCUT2D eigenvalue weighted by Gasteiger charge is -2.55. The smallest absolute Gasteiger partial charge is 0.123 e. The summed E-state index contributed by atoms with van der Waals surface area (Å²) in [5.74, 6) is 1.63. The normalized spacial score (nSPS) is 28.4. The summed E-state index contributed by atoms with van der Waals surface area (Å²) in [4.78, 5) is 0.659. The molecule has 2 aliphatic rings. The van der Waals surface area contributed by atoms with Gasteiger partial charge in [0.2, 0.25) is 0 Å². The van der Waals surface area contributed by atoms with Crippen LogP contribution < -0.4 is 4.74 Å². The summed E-state index contributed by atoms with van der Waals surface area (Å²) in [7, 11) is 0. The van der Waals surface area contributed by atoms with Crippen LogP contribution in [-0.2, 0) is 0 Å². The first kappa shape index (κ1) is 14.4. The standard InChI is InChI=1S/C18H25BrO/c1-13(2)14-8-4-5-9-15(14)20-17-12-16(19)18(17)10-6-3-7-11-18/h4-5,8-9,13,16-17H,3,6-7,10-12H2,1-2H3. The van der Waals surface area contributed by atoms with Crippen molar-refractivity contribution >= 4 is 15.9 Å². The molecule has 1 aromatic carbocycles. The van der Waals surface area contributed by atoms with Gasteiger partial charge in [-0.3, -0.25) is 0 Å². The van der Waals surface area contributed by atoms with Crippen LogP contribution in [0.2, 0.25) is 0 Å². The van der Waals surface area contributed by atoms with Crippen LogP contribution in [0.4, 0.5) is 0 Å². The molecule has 1 spiro atoms. The average Bonchev–Trinajstić information content (AvgIpc) is 2.48. The molecule has 3 rings (SSSR count). The molecular formula is C18H25BrO. The van der Waals surface area contributed by atoms with E-state index in [0.717, 1.165) is 12.2 Å². The van der Waals surface area contributed by atoms with Crippen molar-refractivity contribution in [1.29, 1.82) is 0 Å². The monoisotopic (exact) mass is 336 g/mol. The van der Waals surface area contributed by atoms with E-state index < -0.39 is 0 Å². The minimum Gasteiger partial charge on any atom is -0.489 e. The van der Waals surface area contributed by atoms with Crippen molar-refractivity contribution in [3.63, 3.8) is 0 Å². The number of rotatable bonds is 3. The molecule has 0 aliphatic heterocycles. The molecule has 0 aromatic heterocycles. The minimum absolute atomic E-state index is 0.405. The summed E-state index contributed by atoms with van der Waals surface area (Å²) < 4.78 is 6.48. The molecule has 2 saturated carbocycles. The fourth-order valence-corrected chi connectivity index (χ4v) is 5.02. The van der Waals surface area contributed by atoms with Gasteiger partial charge in [0.25, 0.3) is 0 Å². The topological polar surface area (TPSA) is 9.23 Å². The zero-order valence-corrected chi connectivity index (χ0v) is 14.2. The Morgan fingerprint density at radius 3 is 2.50 bits per heavy atom. The first-order chi connectivity index (χ1) is 9.63. The maximum absolute atomic E-state index is 6.48. The summed E-state index contributed by atoms with van der Waals surface area (Å²) in [6, 6.07) is 8.57. The fourth-order valence-electron chi connectivity index (χ4n) is 3.93. The van der Waals surface area contributed by atoms with Crippen molar-refractivity contribution < 1.29 is 4.74 Å². The third-order valence-electron chi connectivity index (χ3n) is 5.28. The number of alkyl halides is 1. The maximum Gasteiger partial charge on any atom is 0.123 e. The summed E-state index contributed by atoms with van der Waals surface area (Å²) >= 11 is 3.90. The second-order valence-electron chi connectivity index (χ2n) is 6.80. The molecule has 2 atom stereocenters. The molecular weight excluding hydrogens is 312 g/mol. The van der Waals surface area contributed by atoms with E-state index in [4.69, 9.17) is 4.74 Å². The van der Waals surface area contributed by atoms with Gasteiger partial charge in [-0.2, -0.15) is 0 Å². The van der Waals surface area contributed by atoms with Crippen LogP contribution >= 0.6 is 15.9 Å². The molecule has 0 amide bonds. The molecule has 0 radical (unpaired) electrons. The summed E-state index contributed by atoms with van der Waals surface area (Å²) in [6.07, 6.45) is 8.37. The molecule has 0 saturated heterocycles. The minimum atomic E-state index is 0.405. The van der Waals surface area contributed by atoms with E-state index in [9.17, 15) is 0 Å². The van der Waals surface area contributed by atoms with Gasteiger partial charge in [-0.05, 0) is 36.8 Å². The first-order valence-corrected chi connectivity index (χ1v) is 8.95. The van der Waals surface area contributed by atoms with Gasteiger partial charge in [0.05, 0.1) is 0 Å². The van der Waals surface area contributed by atoms with Gasteiger partial charge < -0.3 is 4.74 Å². The number of benzene rings is 1. The van der Waals surface area contributed by atoms with Gasteiger partial charge in [0.1, 0.15) is 11.9 Å². The highest BCUT2D eigenvalue weighted by Gasteiger charge is 2.55. The van der Waals surface area contributed by atoms with Gasteiger partial charge in [0, 0.05) is 10.2 Å². The molecule has 110 valence electrons. The summed E-state index contributed by atoms with van der Waals surface area (Å²) in [6.45, 7) is 4.49. The van der Waals surface area contributed by atoms with E-state index in [1.807, 2.05) is 0 Å². The molecule has 0 N–H and O–H groups in total. The lowest BCUT2D eigenvalue weighted by molar-refractivity contribution is -0.0606. The molecule has 1 aromatic rings. The van der Waals surface area contributed by atoms with Crippen LogP contribution in [-0.4, -0.2) is 10.9 Å². The maximum atomic E-state index is 6.48. The van der Waals surface area contributed by atoms with E-state index >= 15 is 0 Å². The Bertz CT molecular complexity index is 462. The Labute approximate surface area is 131 Å². The first-order valence-electron chi connectivity index (χ1n) is 8.03. The van der Waals surface area contributed by atoms with Crippen LogP contribution in [0.5, 0.6) is 5.75 Å². The Kier molecular flexibility index (Phi) is 4.12. The van der Waals surface area contributed by atoms with Crippen LogP contribution in [0.1, 0.15) is 63.9 Å². The van der Waals surface area contributed by atoms with E-state index in [0.29, 0.717) is 22.3 Å². The van der Waals surface area contributed by atoms with Gasteiger partial charge >= 0.3 is 0 Å². The van der Waals surface area contributed by atoms with Crippen molar-refractivity contribution in [3.8, 4) is 5.75 Å². The quantitative estimate of drug-likeness (QED) is 0.645. The second kappa shape index (κ2) is 5.71. The lowest BCUT2D eigenvalue weighted by Crippen LogP contribution is -2.57. The molecule has 2 fully saturated rings. The number of halogens is 1. The van der Waals surface area contributed by atoms with Crippen LogP contribution in [0, 0.1) is 5.41 Å². The average molecular weight is 337 g/mol. The molecule has 2 heteroatoms. The van der Waals surface area contributed by atoms with Crippen molar-refractivity contribution in [1.82, 2.24) is 0 Å². The Morgan fingerprint density at radius 2 is 1.85 bits per heavy atom. The van der Waals surface area contributed by atoms with Gasteiger partial charge in [0.15, 0.2) is 0 Å². The molecule has 0 heterocycles. The fraction of sp³-hybridized carbons (Fsp3) is 0.667. The number of para-hydroxylation sites is 1. The molecule has 20 heavy (non-hydrogen) atoms. The Hall–Kier alpha value is -0.500.